The van der Waals surface area contributed by atoms with Crippen molar-refractivity contribution in [2.45, 2.75) is 24.3 Å². The highest BCUT2D eigenvalue weighted by atomic mass is 32.2. The zero-order valence-corrected chi connectivity index (χ0v) is 11.2. The fourth-order valence-corrected chi connectivity index (χ4v) is 2.78. The summed E-state index contributed by atoms with van der Waals surface area (Å²) in [4.78, 5) is 14.9. The smallest absolute Gasteiger partial charge is 0.245 e. The van der Waals surface area contributed by atoms with E-state index in [0.717, 1.165) is 0 Å². The summed E-state index contributed by atoms with van der Waals surface area (Å²) in [6, 6.07) is 1.52. The number of aromatic nitrogens is 1. The fourth-order valence-electron chi connectivity index (χ4n) is 1.24. The molecule has 0 aliphatic rings. The van der Waals surface area contributed by atoms with E-state index < -0.39 is 21.5 Å². The zero-order valence-electron chi connectivity index (χ0n) is 10.4. The Bertz CT molecular complexity index is 554. The van der Waals surface area contributed by atoms with Gasteiger partial charge >= 0.3 is 0 Å². The van der Waals surface area contributed by atoms with Crippen LogP contribution in [0.2, 0.25) is 0 Å². The molecule has 1 heterocycles. The maximum Gasteiger partial charge on any atom is 0.245 e. The molecule has 1 amide bonds. The molecule has 0 aliphatic heterocycles. The van der Waals surface area contributed by atoms with Gasteiger partial charge in [-0.15, -0.1) is 0 Å². The van der Waals surface area contributed by atoms with Gasteiger partial charge in [0, 0.05) is 19.4 Å². The molecule has 1 aromatic heterocycles. The molecule has 0 bridgehead atoms. The number of rotatable bonds is 5. The van der Waals surface area contributed by atoms with E-state index in [9.17, 15) is 13.2 Å². The maximum atomic E-state index is 12.1. The van der Waals surface area contributed by atoms with Gasteiger partial charge in [-0.05, 0) is 19.9 Å². The van der Waals surface area contributed by atoms with Crippen LogP contribution in [0.4, 0.5) is 5.69 Å². The van der Waals surface area contributed by atoms with Crippen LogP contribution in [-0.2, 0) is 14.8 Å². The molecule has 0 spiro atoms. The summed E-state index contributed by atoms with van der Waals surface area (Å²) in [6.07, 6.45) is 2.66. The Morgan fingerprint density at radius 1 is 1.44 bits per heavy atom. The van der Waals surface area contributed by atoms with Crippen LogP contribution < -0.4 is 15.8 Å². The number of nitrogens with zero attached hydrogens (tertiary/aromatic N) is 1. The molecule has 0 aromatic carbocycles. The third-order valence-electron chi connectivity index (χ3n) is 2.35. The predicted octanol–water partition coefficient (Wildman–Crippen LogP) is -0.334. The van der Waals surface area contributed by atoms with Crippen molar-refractivity contribution in [3.63, 3.8) is 0 Å². The summed E-state index contributed by atoms with van der Waals surface area (Å²) >= 11 is 0. The molecule has 0 saturated carbocycles. The van der Waals surface area contributed by atoms with Crippen LogP contribution in [-0.4, -0.2) is 31.9 Å². The number of hydrogen-bond acceptors (Lipinski definition) is 5. The number of anilines is 1. The zero-order chi connectivity index (χ0) is 14.0. The summed E-state index contributed by atoms with van der Waals surface area (Å²) in [5, 5.41) is 2.74. The van der Waals surface area contributed by atoms with Crippen molar-refractivity contribution in [3.05, 3.63) is 18.5 Å². The lowest BCUT2D eigenvalue weighted by molar-refractivity contribution is -0.122. The number of primary amides is 1. The first-order valence-corrected chi connectivity index (χ1v) is 6.64. The number of carbonyl (C=O) groups excluding carboxylic acids is 1. The highest BCUT2D eigenvalue weighted by Crippen LogP contribution is 2.20. The molecule has 0 unspecified atom stereocenters. The molecule has 1 aromatic rings. The quantitative estimate of drug-likeness (QED) is 0.678. The molecule has 4 N–H and O–H groups in total. The summed E-state index contributed by atoms with van der Waals surface area (Å²) in [6.45, 7) is 2.78. The molecule has 0 aliphatic carbocycles. The third kappa shape index (κ3) is 2.96. The lowest BCUT2D eigenvalue weighted by Gasteiger charge is -2.22. The molecule has 0 atom stereocenters. The summed E-state index contributed by atoms with van der Waals surface area (Å²) in [5.74, 6) is -0.763. The average molecular weight is 272 g/mol. The first kappa shape index (κ1) is 14.4. The van der Waals surface area contributed by atoms with Crippen LogP contribution in [0.1, 0.15) is 13.8 Å². The minimum absolute atomic E-state index is 0.0400. The molecular weight excluding hydrogens is 256 g/mol. The maximum absolute atomic E-state index is 12.1. The standard InChI is InChI=1S/C10H16N4O3S/c1-10(2,9(11)15)14-18(16,17)8-6-13-5-4-7(8)12-3/h4-6,14H,1-3H3,(H2,11,15)(H,12,13). The van der Waals surface area contributed by atoms with Gasteiger partial charge in [-0.1, -0.05) is 0 Å². The largest absolute Gasteiger partial charge is 0.387 e. The second kappa shape index (κ2) is 4.91. The number of nitrogens with two attached hydrogens (primary N) is 1. The summed E-state index contributed by atoms with van der Waals surface area (Å²) in [5.41, 5.74) is 4.14. The van der Waals surface area contributed by atoms with E-state index in [1.54, 1.807) is 7.05 Å². The Morgan fingerprint density at radius 3 is 2.56 bits per heavy atom. The molecule has 0 radical (unpaired) electrons. The Hall–Kier alpha value is -1.67. The van der Waals surface area contributed by atoms with E-state index in [0.29, 0.717) is 5.69 Å². The summed E-state index contributed by atoms with van der Waals surface area (Å²) < 4.78 is 26.5. The van der Waals surface area contributed by atoms with Gasteiger partial charge in [0.25, 0.3) is 0 Å². The van der Waals surface area contributed by atoms with E-state index >= 15 is 0 Å². The third-order valence-corrected chi connectivity index (χ3v) is 4.03. The molecule has 0 saturated heterocycles. The van der Waals surface area contributed by atoms with Crippen LogP contribution in [0.25, 0.3) is 0 Å². The molecular formula is C10H16N4O3S. The monoisotopic (exact) mass is 272 g/mol. The predicted molar refractivity (Wildman–Crippen MR) is 67.4 cm³/mol. The molecule has 0 fully saturated rings. The van der Waals surface area contributed by atoms with E-state index in [1.807, 2.05) is 0 Å². The molecule has 8 heteroatoms. The average Bonchev–Trinajstić information content (AvgIpc) is 2.27. The van der Waals surface area contributed by atoms with E-state index in [4.69, 9.17) is 5.73 Å². The number of hydrogen-bond donors (Lipinski definition) is 3. The van der Waals surface area contributed by atoms with Crippen LogP contribution in [0, 0.1) is 0 Å². The lowest BCUT2D eigenvalue weighted by Crippen LogP contribution is -2.52. The van der Waals surface area contributed by atoms with Crippen LogP contribution in [0.3, 0.4) is 0 Å². The lowest BCUT2D eigenvalue weighted by atomic mass is 10.1. The van der Waals surface area contributed by atoms with E-state index in [-0.39, 0.29) is 4.90 Å². The van der Waals surface area contributed by atoms with Crippen LogP contribution in [0.15, 0.2) is 23.4 Å². The fraction of sp³-hybridized carbons (Fsp3) is 0.400. The topological polar surface area (TPSA) is 114 Å². The van der Waals surface area contributed by atoms with Gasteiger partial charge in [0.15, 0.2) is 0 Å². The molecule has 18 heavy (non-hydrogen) atoms. The van der Waals surface area contributed by atoms with Gasteiger partial charge in [-0.2, -0.15) is 4.72 Å². The van der Waals surface area contributed by atoms with Crippen molar-refractivity contribution in [2.24, 2.45) is 5.73 Å². The SMILES string of the molecule is CNc1ccncc1S(=O)(=O)NC(C)(C)C(N)=O. The van der Waals surface area contributed by atoms with Gasteiger partial charge < -0.3 is 11.1 Å². The Kier molecular flexibility index (Phi) is 3.92. The second-order valence-electron chi connectivity index (χ2n) is 4.22. The number of amides is 1. The Morgan fingerprint density at radius 2 is 2.06 bits per heavy atom. The highest BCUT2D eigenvalue weighted by Gasteiger charge is 2.32. The number of sulfonamides is 1. The molecule has 7 nitrogen and oxygen atoms in total. The number of nitrogens with one attached hydrogen (secondary N) is 2. The molecule has 100 valence electrons. The Balaban J connectivity index is 3.19. The van der Waals surface area contributed by atoms with Gasteiger partial charge in [0.2, 0.25) is 15.9 Å². The van der Waals surface area contributed by atoms with Gasteiger partial charge in [0.1, 0.15) is 10.4 Å². The van der Waals surface area contributed by atoms with Crippen molar-refractivity contribution >= 4 is 21.6 Å². The number of carbonyl (C=O) groups is 1. The van der Waals surface area contributed by atoms with E-state index in [2.05, 4.69) is 15.0 Å². The minimum atomic E-state index is -3.88. The highest BCUT2D eigenvalue weighted by molar-refractivity contribution is 7.89. The van der Waals surface area contributed by atoms with Crippen molar-refractivity contribution in [1.29, 1.82) is 0 Å². The van der Waals surface area contributed by atoms with Crippen LogP contribution >= 0.6 is 0 Å². The van der Waals surface area contributed by atoms with E-state index in [1.165, 1.54) is 32.3 Å². The minimum Gasteiger partial charge on any atom is -0.387 e. The first-order chi connectivity index (χ1) is 8.20. The van der Waals surface area contributed by atoms with Crippen molar-refractivity contribution < 1.29 is 13.2 Å². The van der Waals surface area contributed by atoms with Gasteiger partial charge in [0.05, 0.1) is 5.69 Å². The van der Waals surface area contributed by atoms with Crippen LogP contribution in [0.5, 0.6) is 0 Å². The molecule has 1 rings (SSSR count). The van der Waals surface area contributed by atoms with Gasteiger partial charge in [-0.3, -0.25) is 9.78 Å². The Labute approximate surface area is 106 Å². The van der Waals surface area contributed by atoms with Crippen molar-refractivity contribution in [3.8, 4) is 0 Å². The number of pyridine rings is 1. The van der Waals surface area contributed by atoms with Crippen molar-refractivity contribution in [2.75, 3.05) is 12.4 Å². The summed E-state index contributed by atoms with van der Waals surface area (Å²) in [7, 11) is -2.29. The first-order valence-electron chi connectivity index (χ1n) is 5.16. The second-order valence-corrected chi connectivity index (χ2v) is 5.87. The van der Waals surface area contributed by atoms with Crippen molar-refractivity contribution in [1.82, 2.24) is 9.71 Å². The van der Waals surface area contributed by atoms with Gasteiger partial charge in [-0.25, -0.2) is 8.42 Å². The normalized spacial score (nSPS) is 12.2.